The molecule has 1 aromatic heterocycles. The van der Waals surface area contributed by atoms with E-state index in [2.05, 4.69) is 43.3 Å². The van der Waals surface area contributed by atoms with Gasteiger partial charge in [0.05, 0.1) is 11.2 Å². The van der Waals surface area contributed by atoms with E-state index in [0.29, 0.717) is 0 Å². The van der Waals surface area contributed by atoms with E-state index in [0.717, 1.165) is 19.0 Å². The van der Waals surface area contributed by atoms with E-state index < -0.39 is 0 Å². The number of piperidine rings is 3. The number of nitrogens with one attached hydrogen (secondary N) is 1. The van der Waals surface area contributed by atoms with Gasteiger partial charge in [-0.25, -0.2) is 4.98 Å². The average Bonchev–Trinajstić information content (AvgIpc) is 2.97. The summed E-state index contributed by atoms with van der Waals surface area (Å²) >= 11 is 1.87. The molecule has 1 atom stereocenters. The molecule has 4 heterocycles. The summed E-state index contributed by atoms with van der Waals surface area (Å²) < 4.78 is 0. The molecule has 2 bridgehead atoms. The summed E-state index contributed by atoms with van der Waals surface area (Å²) in [5.41, 5.74) is 1.51. The van der Waals surface area contributed by atoms with Crippen LogP contribution in [0.5, 0.6) is 0 Å². The molecule has 118 valence electrons. The molecule has 3 aliphatic heterocycles. The first-order valence-corrected chi connectivity index (χ1v) is 9.27. The van der Waals surface area contributed by atoms with Gasteiger partial charge in [-0.3, -0.25) is 0 Å². The van der Waals surface area contributed by atoms with E-state index in [1.807, 2.05) is 11.3 Å². The molecule has 3 saturated heterocycles. The third kappa shape index (κ3) is 2.78. The fourth-order valence-electron chi connectivity index (χ4n) is 3.75. The van der Waals surface area contributed by atoms with Crippen LogP contribution in [-0.4, -0.2) is 36.1 Å². The standard InChI is InChI=1S/C17H29N3S/c1-5-8-18-17(12-20-9-6-13(17)7-10-20)15-19-14(11-21-15)16(2,3)4/h11,13,18H,5-10,12H2,1-4H3. The molecule has 1 aromatic rings. The van der Waals surface area contributed by atoms with Crippen LogP contribution in [0.3, 0.4) is 0 Å². The van der Waals surface area contributed by atoms with Crippen molar-refractivity contribution >= 4 is 11.3 Å². The van der Waals surface area contributed by atoms with Crippen LogP contribution in [0.15, 0.2) is 5.38 Å². The van der Waals surface area contributed by atoms with Crippen LogP contribution in [0.2, 0.25) is 0 Å². The number of rotatable bonds is 4. The lowest BCUT2D eigenvalue weighted by Gasteiger charge is -2.52. The second kappa shape index (κ2) is 5.64. The lowest BCUT2D eigenvalue weighted by atomic mass is 9.73. The van der Waals surface area contributed by atoms with Crippen LogP contribution in [-0.2, 0) is 11.0 Å². The van der Waals surface area contributed by atoms with Gasteiger partial charge in [0, 0.05) is 17.3 Å². The first-order valence-electron chi connectivity index (χ1n) is 8.39. The fraction of sp³-hybridized carbons (Fsp3) is 0.824. The Labute approximate surface area is 133 Å². The van der Waals surface area contributed by atoms with Gasteiger partial charge in [0.1, 0.15) is 5.01 Å². The summed E-state index contributed by atoms with van der Waals surface area (Å²) in [6.45, 7) is 13.8. The average molecular weight is 308 g/mol. The minimum atomic E-state index is 0.112. The van der Waals surface area contributed by atoms with Crippen molar-refractivity contribution in [3.63, 3.8) is 0 Å². The van der Waals surface area contributed by atoms with Gasteiger partial charge >= 0.3 is 0 Å². The summed E-state index contributed by atoms with van der Waals surface area (Å²) in [4.78, 5) is 7.70. The second-order valence-corrected chi connectivity index (χ2v) is 8.59. The normalized spacial score (nSPS) is 32.6. The highest BCUT2D eigenvalue weighted by Crippen LogP contribution is 2.44. The molecule has 0 saturated carbocycles. The molecule has 0 aliphatic carbocycles. The monoisotopic (exact) mass is 307 g/mol. The Hall–Kier alpha value is -0.450. The molecule has 0 radical (unpaired) electrons. The molecular weight excluding hydrogens is 278 g/mol. The number of hydrogen-bond acceptors (Lipinski definition) is 4. The van der Waals surface area contributed by atoms with Crippen LogP contribution in [0, 0.1) is 5.92 Å². The highest BCUT2D eigenvalue weighted by atomic mass is 32.1. The van der Waals surface area contributed by atoms with Crippen LogP contribution in [0.4, 0.5) is 0 Å². The lowest BCUT2D eigenvalue weighted by molar-refractivity contribution is 0.00307. The van der Waals surface area contributed by atoms with Gasteiger partial charge in [-0.05, 0) is 44.8 Å². The van der Waals surface area contributed by atoms with E-state index in [4.69, 9.17) is 4.98 Å². The van der Waals surface area contributed by atoms with Crippen molar-refractivity contribution in [2.24, 2.45) is 5.92 Å². The first kappa shape index (κ1) is 15.4. The van der Waals surface area contributed by atoms with Crippen LogP contribution in [0.25, 0.3) is 0 Å². The Morgan fingerprint density at radius 1 is 1.38 bits per heavy atom. The summed E-state index contributed by atoms with van der Waals surface area (Å²) in [5.74, 6) is 0.757. The van der Waals surface area contributed by atoms with E-state index in [9.17, 15) is 0 Å². The molecule has 1 N–H and O–H groups in total. The summed E-state index contributed by atoms with van der Waals surface area (Å²) in [6, 6.07) is 0. The topological polar surface area (TPSA) is 28.2 Å². The number of aromatic nitrogens is 1. The van der Waals surface area contributed by atoms with E-state index in [1.165, 1.54) is 43.1 Å². The maximum atomic E-state index is 5.08. The Morgan fingerprint density at radius 2 is 2.10 bits per heavy atom. The molecule has 4 heteroatoms. The summed E-state index contributed by atoms with van der Waals surface area (Å²) in [7, 11) is 0. The van der Waals surface area contributed by atoms with Crippen molar-refractivity contribution in [3.8, 4) is 0 Å². The Bertz CT molecular complexity index is 482. The van der Waals surface area contributed by atoms with Gasteiger partial charge in [-0.15, -0.1) is 11.3 Å². The predicted molar refractivity (Wildman–Crippen MR) is 89.9 cm³/mol. The maximum absolute atomic E-state index is 5.08. The minimum Gasteiger partial charge on any atom is -0.304 e. The summed E-state index contributed by atoms with van der Waals surface area (Å²) in [6.07, 6.45) is 3.83. The van der Waals surface area contributed by atoms with E-state index in [-0.39, 0.29) is 11.0 Å². The molecule has 4 rings (SSSR count). The van der Waals surface area contributed by atoms with Crippen LogP contribution < -0.4 is 5.32 Å². The van der Waals surface area contributed by atoms with Gasteiger partial charge in [0.15, 0.2) is 0 Å². The van der Waals surface area contributed by atoms with E-state index in [1.54, 1.807) is 0 Å². The molecule has 21 heavy (non-hydrogen) atoms. The third-order valence-corrected chi connectivity index (χ3v) is 6.12. The maximum Gasteiger partial charge on any atom is 0.115 e. The van der Waals surface area contributed by atoms with Crippen molar-refractivity contribution in [1.29, 1.82) is 0 Å². The largest absolute Gasteiger partial charge is 0.304 e. The zero-order valence-corrected chi connectivity index (χ0v) is 14.7. The van der Waals surface area contributed by atoms with Crippen molar-refractivity contribution in [2.45, 2.75) is 57.9 Å². The third-order valence-electron chi connectivity index (χ3n) is 5.10. The summed E-state index contributed by atoms with van der Waals surface area (Å²) in [5, 5.41) is 7.51. The molecule has 3 fully saturated rings. The first-order chi connectivity index (χ1) is 9.95. The Balaban J connectivity index is 1.94. The van der Waals surface area contributed by atoms with Gasteiger partial charge in [-0.2, -0.15) is 0 Å². The minimum absolute atomic E-state index is 0.112. The van der Waals surface area contributed by atoms with Crippen molar-refractivity contribution in [1.82, 2.24) is 15.2 Å². The van der Waals surface area contributed by atoms with Crippen LogP contribution >= 0.6 is 11.3 Å². The molecule has 0 amide bonds. The zero-order valence-electron chi connectivity index (χ0n) is 13.9. The van der Waals surface area contributed by atoms with Gasteiger partial charge in [-0.1, -0.05) is 27.7 Å². The number of fused-ring (bicyclic) bond motifs is 3. The molecule has 0 spiro atoms. The quantitative estimate of drug-likeness (QED) is 0.924. The number of nitrogens with zero attached hydrogens (tertiary/aromatic N) is 2. The lowest BCUT2D eigenvalue weighted by Crippen LogP contribution is -2.63. The van der Waals surface area contributed by atoms with Crippen molar-refractivity contribution in [3.05, 3.63) is 16.1 Å². The molecule has 1 unspecified atom stereocenters. The highest BCUT2D eigenvalue weighted by molar-refractivity contribution is 7.09. The SMILES string of the molecule is CCCNC1(c2nc(C(C)(C)C)cs2)CN2CCC1CC2. The van der Waals surface area contributed by atoms with Crippen LogP contribution in [0.1, 0.15) is 57.7 Å². The highest BCUT2D eigenvalue weighted by Gasteiger charge is 2.49. The van der Waals surface area contributed by atoms with E-state index >= 15 is 0 Å². The number of thiazole rings is 1. The Kier molecular flexibility index (Phi) is 4.15. The molecular formula is C17H29N3S. The Morgan fingerprint density at radius 3 is 2.57 bits per heavy atom. The van der Waals surface area contributed by atoms with Crippen molar-refractivity contribution in [2.75, 3.05) is 26.2 Å². The fourth-order valence-corrected chi connectivity index (χ4v) is 5.05. The van der Waals surface area contributed by atoms with Crippen molar-refractivity contribution < 1.29 is 0 Å². The molecule has 3 aliphatic rings. The zero-order chi connectivity index (χ0) is 15.1. The molecule has 0 aromatic carbocycles. The number of hydrogen-bond donors (Lipinski definition) is 1. The smallest absolute Gasteiger partial charge is 0.115 e. The second-order valence-electron chi connectivity index (χ2n) is 7.74. The van der Waals surface area contributed by atoms with Gasteiger partial charge in [0.25, 0.3) is 0 Å². The van der Waals surface area contributed by atoms with Gasteiger partial charge in [0.2, 0.25) is 0 Å². The predicted octanol–water partition coefficient (Wildman–Crippen LogP) is 3.36. The molecule has 3 nitrogen and oxygen atoms in total. The van der Waals surface area contributed by atoms with Gasteiger partial charge < -0.3 is 10.2 Å².